The number of amides is 1. The SMILES string of the molecule is CCCc1c[c]c2c3c(C(N)=O)cccc3n(Cc3ccc(OC(F)(F)F)cc3)c2c1. The van der Waals surface area contributed by atoms with Gasteiger partial charge < -0.3 is 15.0 Å². The van der Waals surface area contributed by atoms with Crippen LogP contribution in [0, 0.1) is 6.07 Å². The van der Waals surface area contributed by atoms with Gasteiger partial charge in [-0.05, 0) is 53.9 Å². The van der Waals surface area contributed by atoms with Gasteiger partial charge in [0.15, 0.2) is 0 Å². The normalized spacial score (nSPS) is 11.9. The van der Waals surface area contributed by atoms with E-state index >= 15 is 0 Å². The number of primary amides is 1. The van der Waals surface area contributed by atoms with E-state index in [9.17, 15) is 18.0 Å². The third-order valence-corrected chi connectivity index (χ3v) is 5.16. The number of nitrogens with zero attached hydrogens (tertiary/aromatic N) is 1. The molecule has 4 rings (SSSR count). The number of hydrogen-bond donors (Lipinski definition) is 1. The Hall–Kier alpha value is -3.48. The van der Waals surface area contributed by atoms with Crippen LogP contribution in [0.1, 0.15) is 34.8 Å². The van der Waals surface area contributed by atoms with Gasteiger partial charge in [0.05, 0.1) is 11.0 Å². The summed E-state index contributed by atoms with van der Waals surface area (Å²) in [6.07, 6.45) is -2.86. The van der Waals surface area contributed by atoms with E-state index in [-0.39, 0.29) is 5.75 Å². The summed E-state index contributed by atoms with van der Waals surface area (Å²) in [7, 11) is 0. The van der Waals surface area contributed by atoms with Crippen molar-refractivity contribution in [3.63, 3.8) is 0 Å². The molecule has 1 aromatic heterocycles. The van der Waals surface area contributed by atoms with Crippen molar-refractivity contribution in [2.24, 2.45) is 5.73 Å². The molecule has 1 amide bonds. The second-order valence-corrected chi connectivity index (χ2v) is 7.36. The Morgan fingerprint density at radius 3 is 2.48 bits per heavy atom. The van der Waals surface area contributed by atoms with E-state index < -0.39 is 12.3 Å². The smallest absolute Gasteiger partial charge is 0.406 e. The molecule has 7 heteroatoms. The van der Waals surface area contributed by atoms with Gasteiger partial charge in [0, 0.05) is 22.9 Å². The first-order valence-electron chi connectivity index (χ1n) is 9.87. The zero-order valence-corrected chi connectivity index (χ0v) is 16.8. The first-order chi connectivity index (χ1) is 14.8. The second kappa shape index (κ2) is 7.98. The first kappa shape index (κ1) is 20.8. The summed E-state index contributed by atoms with van der Waals surface area (Å²) < 4.78 is 43.3. The van der Waals surface area contributed by atoms with Gasteiger partial charge >= 0.3 is 6.36 Å². The Morgan fingerprint density at radius 1 is 1.10 bits per heavy atom. The van der Waals surface area contributed by atoms with Crippen molar-refractivity contribution < 1.29 is 22.7 Å². The fourth-order valence-electron chi connectivity index (χ4n) is 3.89. The molecule has 31 heavy (non-hydrogen) atoms. The minimum absolute atomic E-state index is 0.270. The topological polar surface area (TPSA) is 57.2 Å². The number of nitrogens with two attached hydrogens (primary N) is 1. The number of carbonyl (C=O) groups excluding carboxylic acids is 1. The number of rotatable bonds is 6. The lowest BCUT2D eigenvalue weighted by Crippen LogP contribution is -2.17. The highest BCUT2D eigenvalue weighted by atomic mass is 19.4. The molecule has 0 bridgehead atoms. The van der Waals surface area contributed by atoms with Gasteiger partial charge in [0.25, 0.3) is 0 Å². The number of halogens is 3. The minimum Gasteiger partial charge on any atom is -0.406 e. The zero-order chi connectivity index (χ0) is 22.2. The average Bonchev–Trinajstić information content (AvgIpc) is 3.02. The van der Waals surface area contributed by atoms with E-state index in [0.29, 0.717) is 12.1 Å². The molecule has 2 N–H and O–H groups in total. The van der Waals surface area contributed by atoms with Gasteiger partial charge in [0.1, 0.15) is 5.75 Å². The molecule has 0 spiro atoms. The molecule has 4 nitrogen and oxygen atoms in total. The van der Waals surface area contributed by atoms with Crippen LogP contribution >= 0.6 is 0 Å². The Kier molecular flexibility index (Phi) is 5.35. The molecule has 0 aliphatic rings. The maximum Gasteiger partial charge on any atom is 0.573 e. The van der Waals surface area contributed by atoms with Gasteiger partial charge in [-0.3, -0.25) is 4.79 Å². The summed E-state index contributed by atoms with van der Waals surface area (Å²) in [6, 6.07) is 18.4. The van der Waals surface area contributed by atoms with Crippen LogP contribution in [-0.2, 0) is 13.0 Å². The molecular formula is C24H20F3N2O2. The molecule has 3 aromatic carbocycles. The molecule has 0 aliphatic heterocycles. The molecule has 0 atom stereocenters. The van der Waals surface area contributed by atoms with Crippen molar-refractivity contribution >= 4 is 27.7 Å². The summed E-state index contributed by atoms with van der Waals surface area (Å²) >= 11 is 0. The van der Waals surface area contributed by atoms with Crippen LogP contribution in [0.3, 0.4) is 0 Å². The van der Waals surface area contributed by atoms with E-state index in [4.69, 9.17) is 5.73 Å². The molecular weight excluding hydrogens is 405 g/mol. The molecule has 0 saturated heterocycles. The average molecular weight is 425 g/mol. The largest absolute Gasteiger partial charge is 0.573 e. The van der Waals surface area contributed by atoms with Gasteiger partial charge in [0.2, 0.25) is 5.91 Å². The van der Waals surface area contributed by atoms with Gasteiger partial charge in [-0.1, -0.05) is 37.6 Å². The van der Waals surface area contributed by atoms with Crippen LogP contribution in [0.15, 0.2) is 54.6 Å². The number of carbonyl (C=O) groups is 1. The van der Waals surface area contributed by atoms with Gasteiger partial charge in [-0.15, -0.1) is 13.2 Å². The Bertz CT molecular complexity index is 1260. The zero-order valence-electron chi connectivity index (χ0n) is 16.8. The van der Waals surface area contributed by atoms with Crippen LogP contribution in [0.25, 0.3) is 21.8 Å². The lowest BCUT2D eigenvalue weighted by atomic mass is 10.0. The Balaban J connectivity index is 1.84. The van der Waals surface area contributed by atoms with Crippen molar-refractivity contribution in [2.75, 3.05) is 0 Å². The predicted octanol–water partition coefficient (Wildman–Crippen LogP) is 5.59. The molecule has 1 radical (unpaired) electrons. The lowest BCUT2D eigenvalue weighted by Gasteiger charge is -2.11. The number of alkyl halides is 3. The number of ether oxygens (including phenoxy) is 1. The van der Waals surface area contributed by atoms with E-state index in [0.717, 1.165) is 45.8 Å². The predicted molar refractivity (Wildman–Crippen MR) is 113 cm³/mol. The summed E-state index contributed by atoms with van der Waals surface area (Å²) in [6.45, 7) is 2.49. The highest BCUT2D eigenvalue weighted by Gasteiger charge is 2.31. The van der Waals surface area contributed by atoms with E-state index in [1.807, 2.05) is 16.7 Å². The standard InChI is InChI=1S/C24H20F3N2O2/c1-2-4-15-9-12-18-21(13-15)29(20-6-3-5-19(22(18)20)23(28)30)14-16-7-10-17(11-8-16)31-24(25,26)27/h3,5-11,13H,2,4,14H2,1H3,(H2,28,30). The molecule has 0 unspecified atom stereocenters. The molecule has 0 fully saturated rings. The van der Waals surface area contributed by atoms with Crippen molar-refractivity contribution in [1.82, 2.24) is 4.57 Å². The van der Waals surface area contributed by atoms with E-state index in [1.165, 1.54) is 12.1 Å². The maximum atomic E-state index is 12.4. The summed E-state index contributed by atoms with van der Waals surface area (Å²) in [5.74, 6) is -0.794. The Morgan fingerprint density at radius 2 is 1.84 bits per heavy atom. The molecule has 159 valence electrons. The van der Waals surface area contributed by atoms with Crippen molar-refractivity contribution in [3.8, 4) is 5.75 Å². The van der Waals surface area contributed by atoms with Crippen LogP contribution in [0.5, 0.6) is 5.75 Å². The quantitative estimate of drug-likeness (QED) is 0.438. The number of aryl methyl sites for hydroxylation is 1. The monoisotopic (exact) mass is 425 g/mol. The van der Waals surface area contributed by atoms with Crippen LogP contribution in [0.2, 0.25) is 0 Å². The maximum absolute atomic E-state index is 12.4. The van der Waals surface area contributed by atoms with Crippen molar-refractivity contribution in [1.29, 1.82) is 0 Å². The number of hydrogen-bond acceptors (Lipinski definition) is 2. The fraction of sp³-hybridized carbons (Fsp3) is 0.208. The molecule has 4 aromatic rings. The molecule has 0 aliphatic carbocycles. The van der Waals surface area contributed by atoms with Crippen LogP contribution in [0.4, 0.5) is 13.2 Å². The lowest BCUT2D eigenvalue weighted by molar-refractivity contribution is -0.274. The number of benzene rings is 3. The van der Waals surface area contributed by atoms with Gasteiger partial charge in [-0.25, -0.2) is 0 Å². The summed E-state index contributed by atoms with van der Waals surface area (Å²) in [5.41, 5.74) is 9.64. The van der Waals surface area contributed by atoms with Crippen molar-refractivity contribution in [3.05, 3.63) is 77.4 Å². The van der Waals surface area contributed by atoms with Crippen LogP contribution in [-0.4, -0.2) is 16.8 Å². The molecule has 1 heterocycles. The second-order valence-electron chi connectivity index (χ2n) is 7.36. The van der Waals surface area contributed by atoms with E-state index in [2.05, 4.69) is 23.8 Å². The number of aromatic nitrogens is 1. The highest BCUT2D eigenvalue weighted by molar-refractivity contribution is 6.17. The highest BCUT2D eigenvalue weighted by Crippen LogP contribution is 2.33. The molecule has 0 saturated carbocycles. The van der Waals surface area contributed by atoms with E-state index in [1.54, 1.807) is 24.3 Å². The third kappa shape index (κ3) is 4.21. The minimum atomic E-state index is -4.73. The summed E-state index contributed by atoms with van der Waals surface area (Å²) in [4.78, 5) is 12.0. The first-order valence-corrected chi connectivity index (χ1v) is 9.87. The van der Waals surface area contributed by atoms with Crippen molar-refractivity contribution in [2.45, 2.75) is 32.7 Å². The Labute approximate surface area is 177 Å². The summed E-state index contributed by atoms with van der Waals surface area (Å²) in [5, 5.41) is 1.52. The van der Waals surface area contributed by atoms with Crippen LogP contribution < -0.4 is 10.5 Å². The number of fused-ring (bicyclic) bond motifs is 3. The third-order valence-electron chi connectivity index (χ3n) is 5.16. The van der Waals surface area contributed by atoms with Gasteiger partial charge in [-0.2, -0.15) is 0 Å². The fourth-order valence-corrected chi connectivity index (χ4v) is 3.89.